The third-order valence-corrected chi connectivity index (χ3v) is 13.4. The molecule has 0 N–H and O–H groups in total. The summed E-state index contributed by atoms with van der Waals surface area (Å²) in [7, 11) is 0. The molecule has 0 nitrogen and oxygen atoms in total. The molecule has 5 saturated carbocycles. The second kappa shape index (κ2) is 6.28. The minimum Gasteiger partial charge on any atom is -0.0651 e. The molecule has 0 radical (unpaired) electrons. The molecule has 0 spiro atoms. The molecule has 0 bridgehead atoms. The first kappa shape index (κ1) is 20.9. The van der Waals surface area contributed by atoms with E-state index in [1.54, 1.807) is 12.8 Å². The molecule has 29 heavy (non-hydrogen) atoms. The summed E-state index contributed by atoms with van der Waals surface area (Å²) in [5.74, 6) is 4.99. The molecule has 5 aliphatic rings. The van der Waals surface area contributed by atoms with Crippen molar-refractivity contribution < 1.29 is 0 Å². The van der Waals surface area contributed by atoms with Gasteiger partial charge in [0.25, 0.3) is 0 Å². The number of fused-ring (bicyclic) bond motifs is 7. The monoisotopic (exact) mass is 398 g/mol. The smallest absolute Gasteiger partial charge is 0.0235 e. The maximum atomic E-state index is 2.81. The third-order valence-electron chi connectivity index (χ3n) is 13.4. The number of hydrogen-bond donors (Lipinski definition) is 0. The van der Waals surface area contributed by atoms with Gasteiger partial charge < -0.3 is 0 Å². The van der Waals surface area contributed by atoms with Crippen LogP contribution in [-0.2, 0) is 0 Å². The summed E-state index contributed by atoms with van der Waals surface area (Å²) in [6.45, 7) is 18.8. The molecule has 5 rings (SSSR count). The Morgan fingerprint density at radius 1 is 0.586 bits per heavy atom. The van der Waals surface area contributed by atoms with E-state index in [4.69, 9.17) is 0 Å². The van der Waals surface area contributed by atoms with Gasteiger partial charge in [0.15, 0.2) is 0 Å². The molecule has 9 atom stereocenters. The van der Waals surface area contributed by atoms with Crippen LogP contribution in [0.4, 0.5) is 0 Å². The number of hydrogen-bond acceptors (Lipinski definition) is 0. The summed E-state index contributed by atoms with van der Waals surface area (Å²) in [6, 6.07) is 0. The van der Waals surface area contributed by atoms with Gasteiger partial charge in [-0.15, -0.1) is 0 Å². The zero-order chi connectivity index (χ0) is 20.9. The standard InChI is InChI=1S/C29H50/c1-8-20-12-17-26(4)21(20)13-18-28(6)23(26)10-11-24-27(5)16-9-15-25(2,3)22(27)14-19-29(24,28)7/h20-24H,8-19H2,1-7H3/t20-,21-,22+,23-,24-,26+,27+,28-,29-/m1/s1. The summed E-state index contributed by atoms with van der Waals surface area (Å²) in [5, 5.41) is 0. The Morgan fingerprint density at radius 3 is 1.86 bits per heavy atom. The van der Waals surface area contributed by atoms with Gasteiger partial charge in [0.05, 0.1) is 0 Å². The van der Waals surface area contributed by atoms with Crippen molar-refractivity contribution in [2.75, 3.05) is 0 Å². The maximum Gasteiger partial charge on any atom is -0.0235 e. The van der Waals surface area contributed by atoms with Crippen LogP contribution in [0.25, 0.3) is 0 Å². The van der Waals surface area contributed by atoms with E-state index >= 15 is 0 Å². The molecule has 0 aromatic heterocycles. The van der Waals surface area contributed by atoms with Gasteiger partial charge in [-0.05, 0) is 121 Å². The highest BCUT2D eigenvalue weighted by molar-refractivity contribution is 5.18. The summed E-state index contributed by atoms with van der Waals surface area (Å²) >= 11 is 0. The van der Waals surface area contributed by atoms with Gasteiger partial charge in [-0.1, -0.05) is 61.3 Å². The Kier molecular flexibility index (Phi) is 4.52. The normalized spacial score (nSPS) is 58.7. The van der Waals surface area contributed by atoms with Gasteiger partial charge in [-0.3, -0.25) is 0 Å². The van der Waals surface area contributed by atoms with Crippen LogP contribution in [0.1, 0.15) is 126 Å². The van der Waals surface area contributed by atoms with Crippen molar-refractivity contribution in [1.82, 2.24) is 0 Å². The average Bonchev–Trinajstić information content (AvgIpc) is 2.98. The highest BCUT2D eigenvalue weighted by Crippen LogP contribution is 2.77. The van der Waals surface area contributed by atoms with Crippen molar-refractivity contribution in [3.05, 3.63) is 0 Å². The lowest BCUT2D eigenvalue weighted by molar-refractivity contribution is -0.241. The van der Waals surface area contributed by atoms with Gasteiger partial charge in [-0.2, -0.15) is 0 Å². The van der Waals surface area contributed by atoms with Gasteiger partial charge in [-0.25, -0.2) is 0 Å². The summed E-state index contributed by atoms with van der Waals surface area (Å²) in [6.07, 6.45) is 18.1. The van der Waals surface area contributed by atoms with E-state index < -0.39 is 0 Å². The Morgan fingerprint density at radius 2 is 1.21 bits per heavy atom. The van der Waals surface area contributed by atoms with Gasteiger partial charge in [0, 0.05) is 0 Å². The van der Waals surface area contributed by atoms with Crippen molar-refractivity contribution in [3.63, 3.8) is 0 Å². The minimum atomic E-state index is 0.565. The minimum absolute atomic E-state index is 0.565. The van der Waals surface area contributed by atoms with E-state index in [1.165, 1.54) is 64.2 Å². The molecule has 0 unspecified atom stereocenters. The van der Waals surface area contributed by atoms with Crippen LogP contribution in [0.15, 0.2) is 0 Å². The second-order valence-electron chi connectivity index (χ2n) is 14.3. The van der Waals surface area contributed by atoms with E-state index in [0.717, 1.165) is 29.6 Å². The Hall–Kier alpha value is 0. The quantitative estimate of drug-likeness (QED) is 0.413. The number of rotatable bonds is 1. The van der Waals surface area contributed by atoms with Crippen molar-refractivity contribution in [1.29, 1.82) is 0 Å². The first-order valence-electron chi connectivity index (χ1n) is 13.5. The van der Waals surface area contributed by atoms with E-state index in [9.17, 15) is 0 Å². The third kappa shape index (κ3) is 2.44. The fourth-order valence-electron chi connectivity index (χ4n) is 11.9. The molecule has 166 valence electrons. The van der Waals surface area contributed by atoms with Crippen molar-refractivity contribution >= 4 is 0 Å². The lowest BCUT2D eigenvalue weighted by Crippen LogP contribution is -2.65. The van der Waals surface area contributed by atoms with E-state index in [2.05, 4.69) is 48.5 Å². The van der Waals surface area contributed by atoms with Crippen LogP contribution >= 0.6 is 0 Å². The largest absolute Gasteiger partial charge is 0.0651 e. The van der Waals surface area contributed by atoms with Crippen LogP contribution in [0.5, 0.6) is 0 Å². The van der Waals surface area contributed by atoms with E-state index in [1.807, 2.05) is 0 Å². The topological polar surface area (TPSA) is 0 Å². The first-order chi connectivity index (χ1) is 13.5. The predicted octanol–water partition coefficient (Wildman–Crippen LogP) is 8.89. The first-order valence-corrected chi connectivity index (χ1v) is 13.5. The lowest BCUT2D eigenvalue weighted by Gasteiger charge is -2.73. The second-order valence-corrected chi connectivity index (χ2v) is 14.3. The average molecular weight is 399 g/mol. The van der Waals surface area contributed by atoms with Crippen molar-refractivity contribution in [2.24, 2.45) is 56.7 Å². The van der Waals surface area contributed by atoms with Crippen molar-refractivity contribution in [3.8, 4) is 0 Å². The zero-order valence-corrected chi connectivity index (χ0v) is 20.9. The van der Waals surface area contributed by atoms with Crippen molar-refractivity contribution in [2.45, 2.75) is 126 Å². The van der Waals surface area contributed by atoms with Crippen LogP contribution in [0.2, 0.25) is 0 Å². The van der Waals surface area contributed by atoms with Crippen LogP contribution in [0.3, 0.4) is 0 Å². The Bertz CT molecular complexity index is 661. The van der Waals surface area contributed by atoms with Gasteiger partial charge in [0.2, 0.25) is 0 Å². The fourth-order valence-corrected chi connectivity index (χ4v) is 11.9. The van der Waals surface area contributed by atoms with Crippen LogP contribution in [-0.4, -0.2) is 0 Å². The fraction of sp³-hybridized carbons (Fsp3) is 1.00. The van der Waals surface area contributed by atoms with Gasteiger partial charge >= 0.3 is 0 Å². The van der Waals surface area contributed by atoms with E-state index in [0.29, 0.717) is 27.1 Å². The highest BCUT2D eigenvalue weighted by Gasteiger charge is 2.69. The van der Waals surface area contributed by atoms with Crippen LogP contribution in [0, 0.1) is 56.7 Å². The molecule has 0 aromatic carbocycles. The predicted molar refractivity (Wildman–Crippen MR) is 125 cm³/mol. The Labute approximate surface area is 182 Å². The molecule has 0 aliphatic heterocycles. The lowest BCUT2D eigenvalue weighted by atomic mass is 9.32. The zero-order valence-electron chi connectivity index (χ0n) is 20.9. The highest BCUT2D eigenvalue weighted by atomic mass is 14.7. The SMILES string of the molecule is CC[C@@H]1CC[C@@]2(C)[C@@H]1CC[C@]1(C)[C@@H]2CC[C@@H]2[C@@]3(C)CCCC(C)(C)[C@@H]3CC[C@]21C. The van der Waals surface area contributed by atoms with Crippen LogP contribution < -0.4 is 0 Å². The molecular formula is C29H50. The maximum absolute atomic E-state index is 2.81. The molecule has 0 saturated heterocycles. The summed E-state index contributed by atoms with van der Waals surface area (Å²) < 4.78 is 0. The molecule has 5 fully saturated rings. The molecule has 0 aromatic rings. The summed E-state index contributed by atoms with van der Waals surface area (Å²) in [4.78, 5) is 0. The molecule has 0 amide bonds. The molecule has 0 heteroatoms. The summed E-state index contributed by atoms with van der Waals surface area (Å²) in [5.41, 5.74) is 2.97. The molecular weight excluding hydrogens is 348 g/mol. The van der Waals surface area contributed by atoms with Gasteiger partial charge in [0.1, 0.15) is 0 Å². The Balaban J connectivity index is 1.53. The molecule has 5 aliphatic carbocycles. The molecule has 0 heterocycles. The van der Waals surface area contributed by atoms with E-state index in [-0.39, 0.29) is 0 Å².